The van der Waals surface area contributed by atoms with Gasteiger partial charge >= 0.3 is 0 Å². The van der Waals surface area contributed by atoms with Gasteiger partial charge in [0.2, 0.25) is 11.0 Å². The van der Waals surface area contributed by atoms with Crippen LogP contribution < -0.4 is 25.4 Å². The van der Waals surface area contributed by atoms with Crippen molar-refractivity contribution in [2.75, 3.05) is 30.2 Å². The number of Topliss-reactive ketones (excluding diaryl/α,β-unsaturated/α-hetero) is 1. The lowest BCUT2D eigenvalue weighted by Gasteiger charge is -2.37. The number of amides is 1. The summed E-state index contributed by atoms with van der Waals surface area (Å²) in [5.74, 6) is 0.741. The first-order valence-corrected chi connectivity index (χ1v) is 15.0. The zero-order chi connectivity index (χ0) is 28.4. The van der Waals surface area contributed by atoms with Crippen molar-refractivity contribution in [1.29, 1.82) is 5.26 Å². The molecule has 5 rings (SSSR count). The van der Waals surface area contributed by atoms with Gasteiger partial charge in [-0.1, -0.05) is 23.1 Å². The predicted molar refractivity (Wildman–Crippen MR) is 156 cm³/mol. The number of nitriles is 1. The molecule has 10 nitrogen and oxygen atoms in total. The Kier molecular flexibility index (Phi) is 8.11. The van der Waals surface area contributed by atoms with Crippen molar-refractivity contribution >= 4 is 56.9 Å². The van der Waals surface area contributed by atoms with E-state index in [1.165, 1.54) is 41.5 Å². The summed E-state index contributed by atoms with van der Waals surface area (Å²) in [4.78, 5) is 28.6. The highest BCUT2D eigenvalue weighted by molar-refractivity contribution is 8.01. The van der Waals surface area contributed by atoms with Crippen molar-refractivity contribution in [2.24, 2.45) is 5.73 Å². The highest BCUT2D eigenvalue weighted by Gasteiger charge is 2.42. The van der Waals surface area contributed by atoms with Crippen LogP contribution >= 0.6 is 34.4 Å². The molecule has 1 atom stereocenters. The number of allylic oxidation sites excluding steroid dienone is 3. The molecular formula is C27H26N6O4S3. The molecule has 40 heavy (non-hydrogen) atoms. The first-order valence-electron chi connectivity index (χ1n) is 12.3. The van der Waals surface area contributed by atoms with Crippen molar-refractivity contribution in [3.63, 3.8) is 0 Å². The monoisotopic (exact) mass is 594 g/mol. The minimum atomic E-state index is -0.482. The number of nitrogens with one attached hydrogen (secondary N) is 1. The fourth-order valence-electron chi connectivity index (χ4n) is 4.81. The zero-order valence-electron chi connectivity index (χ0n) is 22.0. The predicted octanol–water partition coefficient (Wildman–Crippen LogP) is 4.96. The smallest absolute Gasteiger partial charge is 0.234 e. The van der Waals surface area contributed by atoms with Crippen LogP contribution in [0.2, 0.25) is 0 Å². The van der Waals surface area contributed by atoms with Gasteiger partial charge in [-0.3, -0.25) is 14.5 Å². The Morgan fingerprint density at radius 1 is 1.27 bits per heavy atom. The van der Waals surface area contributed by atoms with E-state index in [9.17, 15) is 14.9 Å². The van der Waals surface area contributed by atoms with E-state index >= 15 is 0 Å². The molecule has 0 bridgehead atoms. The van der Waals surface area contributed by atoms with Gasteiger partial charge in [-0.2, -0.15) is 5.26 Å². The first kappa shape index (κ1) is 27.7. The van der Waals surface area contributed by atoms with Crippen LogP contribution in [0.4, 0.5) is 10.8 Å². The molecule has 0 saturated carbocycles. The number of aromatic nitrogens is 2. The standard InChI is InChI=1S/C27H26N6O4S3/c1-14-9-10-38-24(14)22-16(12-28)25(29)33(18-5-4-6-19(34)23(18)22)26-31-32-27(40-26)39-13-21(35)30-17-8-7-15(36-2)11-20(17)37-3/h7-11,22H,4-6,13,29H2,1-3H3,(H,30,35). The lowest BCUT2D eigenvalue weighted by atomic mass is 9.78. The number of benzene rings is 1. The van der Waals surface area contributed by atoms with Crippen molar-refractivity contribution in [3.8, 4) is 17.6 Å². The SMILES string of the molecule is COc1ccc(NC(=O)CSc2nnc(N3C(N)=C(C#N)C(c4sccc4C)C4=C3CCCC4=O)s2)c(OC)c1. The Morgan fingerprint density at radius 3 is 2.80 bits per heavy atom. The quantitative estimate of drug-likeness (QED) is 0.343. The van der Waals surface area contributed by atoms with E-state index in [-0.39, 0.29) is 23.3 Å². The average molecular weight is 595 g/mol. The lowest BCUT2D eigenvalue weighted by molar-refractivity contribution is -0.116. The third-order valence-corrected chi connectivity index (χ3v) is 9.80. The molecule has 1 unspecified atom stereocenters. The van der Waals surface area contributed by atoms with Gasteiger partial charge in [0.25, 0.3) is 0 Å². The number of nitrogens with zero attached hydrogens (tertiary/aromatic N) is 4. The van der Waals surface area contributed by atoms with Crippen LogP contribution in [0.15, 0.2) is 56.6 Å². The van der Waals surface area contributed by atoms with Gasteiger partial charge < -0.3 is 20.5 Å². The van der Waals surface area contributed by atoms with Crippen molar-refractivity contribution in [3.05, 3.63) is 62.8 Å². The highest BCUT2D eigenvalue weighted by atomic mass is 32.2. The number of carbonyl (C=O) groups excluding carboxylic acids is 2. The van der Waals surface area contributed by atoms with E-state index in [1.807, 2.05) is 18.4 Å². The molecule has 0 radical (unpaired) electrons. The molecule has 1 amide bonds. The third-order valence-electron chi connectivity index (χ3n) is 6.67. The number of hydrogen-bond acceptors (Lipinski definition) is 12. The summed E-state index contributed by atoms with van der Waals surface area (Å²) in [6.07, 6.45) is 1.75. The van der Waals surface area contributed by atoms with Crippen LogP contribution in [-0.4, -0.2) is 41.9 Å². The normalized spacial score (nSPS) is 17.0. The molecule has 3 aromatic rings. The molecule has 1 aliphatic heterocycles. The fraction of sp³-hybridized carbons (Fsp3) is 0.296. The number of rotatable bonds is 8. The largest absolute Gasteiger partial charge is 0.497 e. The second-order valence-electron chi connectivity index (χ2n) is 9.04. The van der Waals surface area contributed by atoms with Gasteiger partial charge in [0.15, 0.2) is 10.1 Å². The summed E-state index contributed by atoms with van der Waals surface area (Å²) < 4.78 is 11.1. The Labute approximate surface area is 243 Å². The number of hydrogen-bond donors (Lipinski definition) is 2. The fourth-order valence-corrected chi connectivity index (χ4v) is 7.54. The van der Waals surface area contributed by atoms with E-state index in [2.05, 4.69) is 21.6 Å². The maximum absolute atomic E-state index is 13.3. The number of ketones is 1. The Morgan fingerprint density at radius 2 is 2.10 bits per heavy atom. The van der Waals surface area contributed by atoms with Crippen LogP contribution in [0.3, 0.4) is 0 Å². The van der Waals surface area contributed by atoms with E-state index < -0.39 is 5.92 Å². The molecule has 206 valence electrons. The maximum atomic E-state index is 13.3. The van der Waals surface area contributed by atoms with E-state index in [0.29, 0.717) is 57.1 Å². The minimum absolute atomic E-state index is 0.0223. The number of methoxy groups -OCH3 is 2. The molecule has 3 N–H and O–H groups in total. The van der Waals surface area contributed by atoms with E-state index in [4.69, 9.17) is 15.2 Å². The molecule has 1 aromatic carbocycles. The number of thiophene rings is 1. The molecule has 1 aliphatic carbocycles. The van der Waals surface area contributed by atoms with Crippen LogP contribution in [0, 0.1) is 18.3 Å². The van der Waals surface area contributed by atoms with Crippen LogP contribution in [0.5, 0.6) is 11.5 Å². The molecule has 0 fully saturated rings. The summed E-state index contributed by atoms with van der Waals surface area (Å²) in [7, 11) is 3.08. The Hall–Kier alpha value is -3.86. The highest BCUT2D eigenvalue weighted by Crippen LogP contribution is 2.48. The number of thioether (sulfide) groups is 1. The van der Waals surface area contributed by atoms with Crippen molar-refractivity contribution in [1.82, 2.24) is 10.2 Å². The van der Waals surface area contributed by atoms with Crippen LogP contribution in [-0.2, 0) is 9.59 Å². The van der Waals surface area contributed by atoms with Crippen LogP contribution in [0.1, 0.15) is 35.6 Å². The number of aryl methyl sites for hydroxylation is 1. The number of anilines is 2. The summed E-state index contributed by atoms with van der Waals surface area (Å²) >= 11 is 4.01. The van der Waals surface area contributed by atoms with Gasteiger partial charge in [0, 0.05) is 28.6 Å². The average Bonchev–Trinajstić information content (AvgIpc) is 3.60. The van der Waals surface area contributed by atoms with Gasteiger partial charge in [-0.25, -0.2) is 0 Å². The summed E-state index contributed by atoms with van der Waals surface area (Å²) in [6.45, 7) is 1.98. The molecule has 0 saturated heterocycles. The molecular weight excluding hydrogens is 569 g/mol. The van der Waals surface area contributed by atoms with Crippen molar-refractivity contribution < 1.29 is 19.1 Å². The molecule has 0 spiro atoms. The second kappa shape index (κ2) is 11.7. The summed E-state index contributed by atoms with van der Waals surface area (Å²) in [5.41, 5.74) is 9.88. The van der Waals surface area contributed by atoms with E-state index in [1.54, 1.807) is 30.2 Å². The van der Waals surface area contributed by atoms with Gasteiger partial charge in [0.05, 0.1) is 43.2 Å². The summed E-state index contributed by atoms with van der Waals surface area (Å²) in [5, 5.41) is 24.0. The molecule has 3 heterocycles. The topological polar surface area (TPSA) is 143 Å². The van der Waals surface area contributed by atoms with Gasteiger partial charge in [-0.05, 0) is 48.9 Å². The second-order valence-corrected chi connectivity index (χ2v) is 12.2. The maximum Gasteiger partial charge on any atom is 0.234 e. The first-order chi connectivity index (χ1) is 19.4. The lowest BCUT2D eigenvalue weighted by Crippen LogP contribution is -2.38. The number of ether oxygens (including phenoxy) is 2. The third kappa shape index (κ3) is 5.17. The zero-order valence-corrected chi connectivity index (χ0v) is 24.5. The molecule has 13 heteroatoms. The number of nitrogens with two attached hydrogens (primary N) is 1. The Bertz CT molecular complexity index is 1580. The number of carbonyl (C=O) groups is 2. The van der Waals surface area contributed by atoms with E-state index in [0.717, 1.165) is 16.1 Å². The molecule has 2 aromatic heterocycles. The minimum Gasteiger partial charge on any atom is -0.497 e. The van der Waals surface area contributed by atoms with Gasteiger partial charge in [0.1, 0.15) is 17.3 Å². The summed E-state index contributed by atoms with van der Waals surface area (Å²) in [6, 6.07) is 9.39. The van der Waals surface area contributed by atoms with Gasteiger partial charge in [-0.15, -0.1) is 21.5 Å². The molecule has 2 aliphatic rings. The van der Waals surface area contributed by atoms with Crippen LogP contribution in [0.25, 0.3) is 0 Å². The van der Waals surface area contributed by atoms with Crippen molar-refractivity contribution in [2.45, 2.75) is 36.4 Å². The Balaban J connectivity index is 1.38.